The van der Waals surface area contributed by atoms with E-state index in [2.05, 4.69) is 36.9 Å². The number of hydrogen-bond donors (Lipinski definition) is 3. The lowest BCUT2D eigenvalue weighted by atomic mass is 10.0. The third-order valence-corrected chi connectivity index (χ3v) is 3.93. The minimum absolute atomic E-state index is 0.0678. The third kappa shape index (κ3) is 8.29. The molecular weight excluding hydrogens is 350 g/mol. The van der Waals surface area contributed by atoms with Crippen LogP contribution < -0.4 is 20.9 Å². The standard InChI is InChI=1S/C19H29N3O3S/c1-5-6-7-8-17(23)20-19(26)22-21-18(24)12-25-16-11-14(4)9-10-15(16)13(2)3/h9-11,13H,5-8,12H2,1-4H3,(H,21,24)(H2,20,22,23,26). The van der Waals surface area contributed by atoms with Gasteiger partial charge in [0.2, 0.25) is 5.91 Å². The molecule has 144 valence electrons. The van der Waals surface area contributed by atoms with Crippen molar-refractivity contribution in [3.05, 3.63) is 29.3 Å². The summed E-state index contributed by atoms with van der Waals surface area (Å²) in [6.45, 7) is 8.04. The zero-order valence-electron chi connectivity index (χ0n) is 16.0. The number of amides is 2. The topological polar surface area (TPSA) is 79.5 Å². The predicted molar refractivity (Wildman–Crippen MR) is 107 cm³/mol. The molecule has 0 unspecified atom stereocenters. The van der Waals surface area contributed by atoms with Gasteiger partial charge >= 0.3 is 0 Å². The Morgan fingerprint density at radius 2 is 1.88 bits per heavy atom. The van der Waals surface area contributed by atoms with Crippen LogP contribution in [0.15, 0.2) is 18.2 Å². The number of carbonyl (C=O) groups is 2. The molecule has 0 bridgehead atoms. The van der Waals surface area contributed by atoms with Crippen LogP contribution in [0, 0.1) is 6.92 Å². The van der Waals surface area contributed by atoms with Gasteiger partial charge in [0.1, 0.15) is 5.75 Å². The highest BCUT2D eigenvalue weighted by atomic mass is 32.1. The highest BCUT2D eigenvalue weighted by Crippen LogP contribution is 2.27. The lowest BCUT2D eigenvalue weighted by molar-refractivity contribution is -0.124. The van der Waals surface area contributed by atoms with Gasteiger partial charge in [0.05, 0.1) is 0 Å². The first-order chi connectivity index (χ1) is 12.3. The van der Waals surface area contributed by atoms with Crippen LogP contribution in [-0.4, -0.2) is 23.5 Å². The van der Waals surface area contributed by atoms with E-state index in [-0.39, 0.29) is 23.5 Å². The molecule has 6 nitrogen and oxygen atoms in total. The normalized spacial score (nSPS) is 10.3. The molecule has 2 amide bonds. The van der Waals surface area contributed by atoms with Gasteiger partial charge in [-0.25, -0.2) is 0 Å². The third-order valence-electron chi connectivity index (χ3n) is 3.73. The van der Waals surface area contributed by atoms with Crippen molar-refractivity contribution in [2.75, 3.05) is 6.61 Å². The molecule has 0 aliphatic carbocycles. The molecule has 0 atom stereocenters. The van der Waals surface area contributed by atoms with Gasteiger partial charge < -0.3 is 10.1 Å². The number of hydrogen-bond acceptors (Lipinski definition) is 4. The molecule has 0 saturated heterocycles. The highest BCUT2D eigenvalue weighted by molar-refractivity contribution is 7.80. The van der Waals surface area contributed by atoms with E-state index < -0.39 is 0 Å². The molecule has 26 heavy (non-hydrogen) atoms. The van der Waals surface area contributed by atoms with E-state index in [1.807, 2.05) is 25.1 Å². The summed E-state index contributed by atoms with van der Waals surface area (Å²) in [7, 11) is 0. The van der Waals surface area contributed by atoms with Gasteiger partial charge in [-0.3, -0.25) is 20.4 Å². The van der Waals surface area contributed by atoms with E-state index in [9.17, 15) is 9.59 Å². The van der Waals surface area contributed by atoms with Crippen molar-refractivity contribution >= 4 is 29.1 Å². The fraction of sp³-hybridized carbons (Fsp3) is 0.526. The maximum absolute atomic E-state index is 11.9. The fourth-order valence-corrected chi connectivity index (χ4v) is 2.47. The molecule has 0 spiro atoms. The van der Waals surface area contributed by atoms with Crippen LogP contribution in [0.5, 0.6) is 5.75 Å². The molecule has 0 aliphatic heterocycles. The van der Waals surface area contributed by atoms with Gasteiger partial charge in [0, 0.05) is 6.42 Å². The maximum atomic E-state index is 11.9. The van der Waals surface area contributed by atoms with Crippen LogP contribution in [-0.2, 0) is 9.59 Å². The number of rotatable bonds is 8. The van der Waals surface area contributed by atoms with Crippen LogP contribution in [0.4, 0.5) is 0 Å². The van der Waals surface area contributed by atoms with E-state index in [0.717, 1.165) is 30.4 Å². The van der Waals surface area contributed by atoms with Crippen LogP contribution in [0.1, 0.15) is 63.5 Å². The largest absolute Gasteiger partial charge is 0.483 e. The zero-order chi connectivity index (χ0) is 19.5. The van der Waals surface area contributed by atoms with Gasteiger partial charge in [-0.15, -0.1) is 0 Å². The van der Waals surface area contributed by atoms with Crippen molar-refractivity contribution in [1.82, 2.24) is 16.2 Å². The molecule has 0 aromatic heterocycles. The molecular formula is C19H29N3O3S. The Hall–Kier alpha value is -2.15. The van der Waals surface area contributed by atoms with Crippen molar-refractivity contribution < 1.29 is 14.3 Å². The summed E-state index contributed by atoms with van der Waals surface area (Å²) in [5.74, 6) is 0.441. The van der Waals surface area contributed by atoms with Crippen molar-refractivity contribution in [1.29, 1.82) is 0 Å². The van der Waals surface area contributed by atoms with E-state index >= 15 is 0 Å². The van der Waals surface area contributed by atoms with Crippen molar-refractivity contribution in [3.63, 3.8) is 0 Å². The highest BCUT2D eigenvalue weighted by Gasteiger charge is 2.11. The van der Waals surface area contributed by atoms with Gasteiger partial charge in [-0.2, -0.15) is 0 Å². The minimum Gasteiger partial charge on any atom is -0.483 e. The number of aryl methyl sites for hydroxylation is 1. The Balaban J connectivity index is 2.38. The second-order valence-corrected chi connectivity index (χ2v) is 6.90. The summed E-state index contributed by atoms with van der Waals surface area (Å²) in [6, 6.07) is 5.94. The lowest BCUT2D eigenvalue weighted by Gasteiger charge is -2.15. The molecule has 0 radical (unpaired) electrons. The van der Waals surface area contributed by atoms with E-state index in [4.69, 9.17) is 17.0 Å². The summed E-state index contributed by atoms with van der Waals surface area (Å²) in [4.78, 5) is 23.6. The molecule has 1 rings (SSSR count). The maximum Gasteiger partial charge on any atom is 0.276 e. The number of unbranched alkanes of at least 4 members (excludes halogenated alkanes) is 2. The molecule has 0 aliphatic rings. The summed E-state index contributed by atoms with van der Waals surface area (Å²) in [5, 5.41) is 2.59. The van der Waals surface area contributed by atoms with Crippen LogP contribution in [0.3, 0.4) is 0 Å². The molecule has 1 aromatic rings. The summed E-state index contributed by atoms with van der Waals surface area (Å²) < 4.78 is 5.64. The van der Waals surface area contributed by atoms with Crippen LogP contribution in [0.2, 0.25) is 0 Å². The number of carbonyl (C=O) groups excluding carboxylic acids is 2. The average Bonchev–Trinajstić information content (AvgIpc) is 2.58. The number of ether oxygens (including phenoxy) is 1. The smallest absolute Gasteiger partial charge is 0.276 e. The predicted octanol–water partition coefficient (Wildman–Crippen LogP) is 3.10. The molecule has 0 saturated carbocycles. The molecule has 0 fully saturated rings. The van der Waals surface area contributed by atoms with Gasteiger partial charge in [0.15, 0.2) is 11.7 Å². The number of hydrazine groups is 1. The number of thiocarbonyl (C=S) groups is 1. The molecule has 3 N–H and O–H groups in total. The summed E-state index contributed by atoms with van der Waals surface area (Å²) in [6.07, 6.45) is 3.28. The van der Waals surface area contributed by atoms with E-state index in [1.165, 1.54) is 0 Å². The second-order valence-electron chi connectivity index (χ2n) is 6.49. The first-order valence-corrected chi connectivity index (χ1v) is 9.36. The Morgan fingerprint density at radius 1 is 1.15 bits per heavy atom. The summed E-state index contributed by atoms with van der Waals surface area (Å²) >= 11 is 4.98. The first-order valence-electron chi connectivity index (χ1n) is 8.95. The first kappa shape index (κ1) is 21.9. The van der Waals surface area contributed by atoms with Crippen LogP contribution >= 0.6 is 12.2 Å². The Labute approximate surface area is 161 Å². The van der Waals surface area contributed by atoms with Crippen molar-refractivity contribution in [3.8, 4) is 5.75 Å². The van der Waals surface area contributed by atoms with Crippen LogP contribution in [0.25, 0.3) is 0 Å². The fourth-order valence-electron chi connectivity index (χ4n) is 2.31. The Bertz CT molecular complexity index is 632. The minimum atomic E-state index is -0.385. The van der Waals surface area contributed by atoms with Gasteiger partial charge in [-0.1, -0.05) is 45.7 Å². The zero-order valence-corrected chi connectivity index (χ0v) is 16.8. The lowest BCUT2D eigenvalue weighted by Crippen LogP contribution is -2.49. The second kappa shape index (κ2) is 11.5. The Kier molecular flexibility index (Phi) is 9.65. The van der Waals surface area contributed by atoms with Gasteiger partial charge in [-0.05, 0) is 48.7 Å². The Morgan fingerprint density at radius 3 is 2.54 bits per heavy atom. The monoisotopic (exact) mass is 379 g/mol. The molecule has 7 heteroatoms. The van der Waals surface area contributed by atoms with E-state index in [1.54, 1.807) is 0 Å². The van der Waals surface area contributed by atoms with Crippen molar-refractivity contribution in [2.24, 2.45) is 0 Å². The van der Waals surface area contributed by atoms with Gasteiger partial charge in [0.25, 0.3) is 5.91 Å². The van der Waals surface area contributed by atoms with Crippen molar-refractivity contribution in [2.45, 2.75) is 59.3 Å². The number of benzene rings is 1. The summed E-state index contributed by atoms with van der Waals surface area (Å²) in [5.41, 5.74) is 7.04. The average molecular weight is 380 g/mol. The number of nitrogens with one attached hydrogen (secondary N) is 3. The SMILES string of the molecule is CCCCCC(=O)NC(=S)NNC(=O)COc1cc(C)ccc1C(C)C. The quantitative estimate of drug-likeness (QED) is 0.367. The van der Waals surface area contributed by atoms with E-state index in [0.29, 0.717) is 18.1 Å². The molecule has 1 aromatic carbocycles. The molecule has 0 heterocycles.